The molecule has 2 bridgehead atoms. The summed E-state index contributed by atoms with van der Waals surface area (Å²) >= 11 is 12.1. The fourth-order valence-electron chi connectivity index (χ4n) is 3.66. The summed E-state index contributed by atoms with van der Waals surface area (Å²) < 4.78 is 0. The molecule has 0 radical (unpaired) electrons. The molecule has 96 valence electrons. The van der Waals surface area contributed by atoms with E-state index < -0.39 is 12.0 Å². The molecule has 0 aromatic heterocycles. The van der Waals surface area contributed by atoms with Gasteiger partial charge in [-0.2, -0.15) is 0 Å². The first kappa shape index (κ1) is 12.3. The number of carboxylic acids is 1. The average Bonchev–Trinajstić information content (AvgIpc) is 2.16. The highest BCUT2D eigenvalue weighted by Gasteiger charge is 2.71. The van der Waals surface area contributed by atoms with Crippen LogP contribution in [0.3, 0.4) is 0 Å². The Morgan fingerprint density at radius 3 is 2.44 bits per heavy atom. The van der Waals surface area contributed by atoms with Crippen molar-refractivity contribution >= 4 is 29.2 Å². The Morgan fingerprint density at radius 2 is 1.94 bits per heavy atom. The van der Waals surface area contributed by atoms with Gasteiger partial charge in [-0.05, 0) is 47.8 Å². The van der Waals surface area contributed by atoms with Crippen LogP contribution in [-0.2, 0) is 10.2 Å². The smallest absolute Gasteiger partial charge is 0.321 e. The lowest BCUT2D eigenvalue weighted by Crippen LogP contribution is -2.72. The summed E-state index contributed by atoms with van der Waals surface area (Å²) in [6.07, 6.45) is 2.44. The van der Waals surface area contributed by atoms with Crippen molar-refractivity contribution in [2.75, 3.05) is 0 Å². The molecule has 1 atom stereocenters. The number of hydrogen-bond donors (Lipinski definition) is 2. The Hall–Kier alpha value is -0.770. The normalized spacial score (nSPS) is 34.4. The Bertz CT molecular complexity index is 524. The second-order valence-corrected chi connectivity index (χ2v) is 6.46. The van der Waals surface area contributed by atoms with E-state index >= 15 is 0 Å². The molecule has 4 rings (SSSR count). The fraction of sp³-hybridized carbons (Fsp3) is 0.462. The molecule has 3 aliphatic rings. The molecule has 3 nitrogen and oxygen atoms in total. The second kappa shape index (κ2) is 3.62. The molecule has 0 spiro atoms. The SMILES string of the molecule is NC(C(=O)O)C12CC(c3ccc(Cl)cc3Cl)(C1)C2. The van der Waals surface area contributed by atoms with Crippen LogP contribution in [0.2, 0.25) is 10.0 Å². The Morgan fingerprint density at radius 1 is 1.33 bits per heavy atom. The molecule has 5 heteroatoms. The number of benzene rings is 1. The van der Waals surface area contributed by atoms with Gasteiger partial charge in [0.15, 0.2) is 0 Å². The van der Waals surface area contributed by atoms with Crippen LogP contribution in [-0.4, -0.2) is 17.1 Å². The molecule has 3 fully saturated rings. The number of carbonyl (C=O) groups is 1. The zero-order chi connectivity index (χ0) is 13.1. The Labute approximate surface area is 115 Å². The van der Waals surface area contributed by atoms with Crippen molar-refractivity contribution in [3.05, 3.63) is 33.8 Å². The van der Waals surface area contributed by atoms with Crippen molar-refractivity contribution in [3.63, 3.8) is 0 Å². The number of halogens is 2. The first-order chi connectivity index (χ1) is 8.39. The maximum atomic E-state index is 10.9. The quantitative estimate of drug-likeness (QED) is 0.898. The minimum Gasteiger partial charge on any atom is -0.480 e. The summed E-state index contributed by atoms with van der Waals surface area (Å²) in [5.74, 6) is -0.912. The van der Waals surface area contributed by atoms with Crippen molar-refractivity contribution in [1.82, 2.24) is 0 Å². The van der Waals surface area contributed by atoms with Crippen molar-refractivity contribution < 1.29 is 9.90 Å². The maximum Gasteiger partial charge on any atom is 0.321 e. The van der Waals surface area contributed by atoms with Gasteiger partial charge in [0.1, 0.15) is 6.04 Å². The molecule has 18 heavy (non-hydrogen) atoms. The summed E-state index contributed by atoms with van der Waals surface area (Å²) in [5.41, 5.74) is 6.64. The van der Waals surface area contributed by atoms with Crippen LogP contribution in [0.25, 0.3) is 0 Å². The van der Waals surface area contributed by atoms with E-state index in [2.05, 4.69) is 0 Å². The van der Waals surface area contributed by atoms with Crippen LogP contribution in [0.4, 0.5) is 0 Å². The van der Waals surface area contributed by atoms with Gasteiger partial charge < -0.3 is 10.8 Å². The predicted octanol–water partition coefficient (Wildman–Crippen LogP) is 2.83. The van der Waals surface area contributed by atoms with Gasteiger partial charge in [0.25, 0.3) is 0 Å². The van der Waals surface area contributed by atoms with Crippen LogP contribution in [0, 0.1) is 5.41 Å². The minimum atomic E-state index is -0.912. The van der Waals surface area contributed by atoms with E-state index in [0.717, 1.165) is 24.8 Å². The summed E-state index contributed by atoms with van der Waals surface area (Å²) in [4.78, 5) is 10.9. The van der Waals surface area contributed by atoms with E-state index in [0.29, 0.717) is 10.0 Å². The number of nitrogens with two attached hydrogens (primary N) is 1. The number of aliphatic carboxylic acids is 1. The average molecular weight is 286 g/mol. The summed E-state index contributed by atoms with van der Waals surface area (Å²) in [5, 5.41) is 10.3. The van der Waals surface area contributed by atoms with Gasteiger partial charge in [0, 0.05) is 10.0 Å². The zero-order valence-corrected chi connectivity index (χ0v) is 11.1. The Kier molecular flexibility index (Phi) is 2.47. The molecule has 0 saturated heterocycles. The molecular weight excluding hydrogens is 273 g/mol. The monoisotopic (exact) mass is 285 g/mol. The summed E-state index contributed by atoms with van der Waals surface area (Å²) in [7, 11) is 0. The van der Waals surface area contributed by atoms with Crippen molar-refractivity contribution in [2.24, 2.45) is 11.1 Å². The summed E-state index contributed by atoms with van der Waals surface area (Å²) in [6.45, 7) is 0. The minimum absolute atomic E-state index is 0.0365. The van der Waals surface area contributed by atoms with Crippen LogP contribution >= 0.6 is 23.2 Å². The predicted molar refractivity (Wildman–Crippen MR) is 70.0 cm³/mol. The lowest BCUT2D eigenvalue weighted by Gasteiger charge is -2.72. The molecule has 3 aliphatic carbocycles. The van der Waals surface area contributed by atoms with Crippen LogP contribution in [0.1, 0.15) is 24.8 Å². The van der Waals surface area contributed by atoms with E-state index in [4.69, 9.17) is 34.0 Å². The molecule has 0 heterocycles. The number of carboxylic acid groups (broad SMARTS) is 1. The van der Waals surface area contributed by atoms with Crippen molar-refractivity contribution in [2.45, 2.75) is 30.7 Å². The number of rotatable bonds is 3. The third kappa shape index (κ3) is 1.44. The Balaban J connectivity index is 1.82. The van der Waals surface area contributed by atoms with Crippen LogP contribution < -0.4 is 5.73 Å². The molecule has 1 unspecified atom stereocenters. The maximum absolute atomic E-state index is 10.9. The van der Waals surface area contributed by atoms with E-state index in [-0.39, 0.29) is 10.8 Å². The highest BCUT2D eigenvalue weighted by atomic mass is 35.5. The number of hydrogen-bond acceptors (Lipinski definition) is 2. The third-order valence-electron chi connectivity index (χ3n) is 4.50. The lowest BCUT2D eigenvalue weighted by molar-refractivity contribution is -0.178. The van der Waals surface area contributed by atoms with E-state index in [1.54, 1.807) is 6.07 Å². The zero-order valence-electron chi connectivity index (χ0n) is 9.62. The largest absolute Gasteiger partial charge is 0.480 e. The summed E-state index contributed by atoms with van der Waals surface area (Å²) in [6, 6.07) is 4.75. The van der Waals surface area contributed by atoms with Crippen LogP contribution in [0.15, 0.2) is 18.2 Å². The molecule has 0 aliphatic heterocycles. The van der Waals surface area contributed by atoms with Gasteiger partial charge in [-0.1, -0.05) is 29.3 Å². The fourth-order valence-corrected chi connectivity index (χ4v) is 4.27. The topological polar surface area (TPSA) is 63.3 Å². The highest BCUT2D eigenvalue weighted by molar-refractivity contribution is 6.35. The van der Waals surface area contributed by atoms with E-state index in [1.807, 2.05) is 12.1 Å². The van der Waals surface area contributed by atoms with Gasteiger partial charge in [-0.25, -0.2) is 0 Å². The van der Waals surface area contributed by atoms with Crippen molar-refractivity contribution in [3.8, 4) is 0 Å². The molecule has 0 amide bonds. The van der Waals surface area contributed by atoms with Crippen LogP contribution in [0.5, 0.6) is 0 Å². The molecule has 1 aromatic rings. The van der Waals surface area contributed by atoms with Gasteiger partial charge in [-0.15, -0.1) is 0 Å². The van der Waals surface area contributed by atoms with Gasteiger partial charge >= 0.3 is 5.97 Å². The first-order valence-electron chi connectivity index (χ1n) is 5.83. The molecule has 1 aromatic carbocycles. The lowest BCUT2D eigenvalue weighted by atomic mass is 9.31. The molecule has 3 saturated carbocycles. The standard InChI is InChI=1S/C13H13Cl2NO2/c14-7-1-2-8(9(15)3-7)12-4-13(5-12,6-12)10(16)11(17)18/h1-3,10H,4-6,16H2,(H,17,18). The highest BCUT2D eigenvalue weighted by Crippen LogP contribution is 2.75. The molecule has 3 N–H and O–H groups in total. The van der Waals surface area contributed by atoms with Crippen molar-refractivity contribution in [1.29, 1.82) is 0 Å². The third-order valence-corrected chi connectivity index (χ3v) is 5.05. The molecular formula is C13H13Cl2NO2. The second-order valence-electron chi connectivity index (χ2n) is 5.61. The van der Waals surface area contributed by atoms with Gasteiger partial charge in [0.05, 0.1) is 0 Å². The van der Waals surface area contributed by atoms with Gasteiger partial charge in [-0.3, -0.25) is 4.79 Å². The van der Waals surface area contributed by atoms with E-state index in [1.165, 1.54) is 0 Å². The first-order valence-corrected chi connectivity index (χ1v) is 6.58. The van der Waals surface area contributed by atoms with E-state index in [9.17, 15) is 4.79 Å². The van der Waals surface area contributed by atoms with Gasteiger partial charge in [0.2, 0.25) is 0 Å².